The average Bonchev–Trinajstić information content (AvgIpc) is 2.81. The van der Waals surface area contributed by atoms with Gasteiger partial charge >= 0.3 is 0 Å². The van der Waals surface area contributed by atoms with Crippen LogP contribution in [-0.2, 0) is 0 Å². The van der Waals surface area contributed by atoms with E-state index >= 15 is 0 Å². The van der Waals surface area contributed by atoms with E-state index in [0.29, 0.717) is 22.0 Å². The van der Waals surface area contributed by atoms with Crippen LogP contribution in [0.2, 0.25) is 5.02 Å². The third kappa shape index (κ3) is 4.58. The van der Waals surface area contributed by atoms with E-state index in [4.69, 9.17) is 16.3 Å². The summed E-state index contributed by atoms with van der Waals surface area (Å²) in [5.41, 5.74) is 3.24. The van der Waals surface area contributed by atoms with Gasteiger partial charge in [-0.25, -0.2) is 0 Å². The van der Waals surface area contributed by atoms with Crippen molar-refractivity contribution in [3.05, 3.63) is 80.7 Å². The maximum atomic E-state index is 13.3. The van der Waals surface area contributed by atoms with Crippen LogP contribution in [0, 0.1) is 6.92 Å². The predicted octanol–water partition coefficient (Wildman–Crippen LogP) is 6.31. The fraction of sp³-hybridized carbons (Fsp3) is 0.308. The van der Waals surface area contributed by atoms with Crippen molar-refractivity contribution in [2.45, 2.75) is 44.9 Å². The van der Waals surface area contributed by atoms with Crippen LogP contribution >= 0.6 is 11.6 Å². The lowest BCUT2D eigenvalue weighted by Crippen LogP contribution is -2.27. The van der Waals surface area contributed by atoms with Gasteiger partial charge in [0.25, 0.3) is 11.5 Å². The molecule has 1 aliphatic rings. The monoisotopic (exact) mass is 450 g/mol. The zero-order valence-corrected chi connectivity index (χ0v) is 19.1. The molecule has 1 heterocycles. The molecule has 1 saturated carbocycles. The minimum absolute atomic E-state index is 0.0224. The van der Waals surface area contributed by atoms with Gasteiger partial charge in [0.15, 0.2) is 0 Å². The van der Waals surface area contributed by atoms with Gasteiger partial charge in [-0.2, -0.15) is 0 Å². The van der Waals surface area contributed by atoms with E-state index < -0.39 is 11.5 Å². The number of ether oxygens (including phenoxy) is 1. The molecule has 2 aromatic carbocycles. The van der Waals surface area contributed by atoms with E-state index in [2.05, 4.69) is 10.3 Å². The van der Waals surface area contributed by atoms with Crippen LogP contribution in [0.1, 0.15) is 59.6 Å². The van der Waals surface area contributed by atoms with Crippen molar-refractivity contribution in [2.75, 3.05) is 12.4 Å². The van der Waals surface area contributed by atoms with Gasteiger partial charge in [0, 0.05) is 22.9 Å². The number of pyridine rings is 1. The highest BCUT2D eigenvalue weighted by Crippen LogP contribution is 2.40. The number of benzene rings is 2. The van der Waals surface area contributed by atoms with Gasteiger partial charge in [0.05, 0.1) is 12.1 Å². The Morgan fingerprint density at radius 2 is 1.69 bits per heavy atom. The molecule has 1 fully saturated rings. The topological polar surface area (TPSA) is 71.2 Å². The number of aryl methyl sites for hydroxylation is 1. The molecule has 1 aliphatic carbocycles. The number of carbonyl (C=O) groups is 1. The predicted molar refractivity (Wildman–Crippen MR) is 129 cm³/mol. The van der Waals surface area contributed by atoms with Crippen LogP contribution in [-0.4, -0.2) is 18.0 Å². The first-order valence-corrected chi connectivity index (χ1v) is 11.3. The van der Waals surface area contributed by atoms with Gasteiger partial charge in [0.1, 0.15) is 11.3 Å². The van der Waals surface area contributed by atoms with Crippen molar-refractivity contribution in [1.82, 2.24) is 4.98 Å². The fourth-order valence-corrected chi connectivity index (χ4v) is 4.75. The molecule has 0 spiro atoms. The Labute approximate surface area is 192 Å². The molecule has 0 atom stereocenters. The normalized spacial score (nSPS) is 14.2. The summed E-state index contributed by atoms with van der Waals surface area (Å²) in [6.45, 7) is 1.99. The quantitative estimate of drug-likeness (QED) is 0.478. The van der Waals surface area contributed by atoms with Crippen molar-refractivity contribution in [1.29, 1.82) is 0 Å². The largest absolute Gasteiger partial charge is 0.497 e. The molecule has 0 radical (unpaired) electrons. The van der Waals surface area contributed by atoms with E-state index in [1.807, 2.05) is 31.2 Å². The number of nitrogens with one attached hydrogen (secondary N) is 2. The summed E-state index contributed by atoms with van der Waals surface area (Å²) in [7, 11) is 1.58. The third-order valence-electron chi connectivity index (χ3n) is 6.11. The van der Waals surface area contributed by atoms with Crippen LogP contribution in [0.3, 0.4) is 0 Å². The van der Waals surface area contributed by atoms with E-state index in [9.17, 15) is 9.59 Å². The Bertz CT molecular complexity index is 1160. The number of H-pyrrole nitrogens is 1. The highest BCUT2D eigenvalue weighted by Gasteiger charge is 2.27. The summed E-state index contributed by atoms with van der Waals surface area (Å²) in [6, 6.07) is 14.7. The maximum absolute atomic E-state index is 13.3. The number of aromatic amines is 1. The molecule has 1 aromatic heterocycles. The lowest BCUT2D eigenvalue weighted by atomic mass is 9.85. The van der Waals surface area contributed by atoms with Crippen LogP contribution in [0.25, 0.3) is 11.1 Å². The fourth-order valence-electron chi connectivity index (χ4n) is 4.35. The molecule has 1 amide bonds. The zero-order valence-electron chi connectivity index (χ0n) is 18.3. The molecular formula is C26H27ClN2O3. The number of rotatable bonds is 5. The second-order valence-electron chi connectivity index (χ2n) is 8.32. The second kappa shape index (κ2) is 9.61. The smallest absolute Gasteiger partial charge is 0.261 e. The Balaban J connectivity index is 1.81. The highest BCUT2D eigenvalue weighted by molar-refractivity contribution is 6.35. The molecule has 0 aliphatic heterocycles. The van der Waals surface area contributed by atoms with Gasteiger partial charge in [-0.05, 0) is 49.6 Å². The van der Waals surface area contributed by atoms with E-state index in [1.165, 1.54) is 6.42 Å². The minimum Gasteiger partial charge on any atom is -0.497 e. The molecule has 6 heteroatoms. The van der Waals surface area contributed by atoms with E-state index in [0.717, 1.165) is 42.5 Å². The highest BCUT2D eigenvalue weighted by atomic mass is 35.5. The number of amides is 1. The summed E-state index contributed by atoms with van der Waals surface area (Å²) < 4.78 is 5.17. The average molecular weight is 451 g/mol. The Morgan fingerprint density at radius 3 is 2.31 bits per heavy atom. The van der Waals surface area contributed by atoms with Gasteiger partial charge in [0.2, 0.25) is 0 Å². The molecule has 5 nitrogen and oxygen atoms in total. The van der Waals surface area contributed by atoms with Crippen molar-refractivity contribution in [3.8, 4) is 16.9 Å². The molecule has 32 heavy (non-hydrogen) atoms. The molecule has 0 bridgehead atoms. The zero-order chi connectivity index (χ0) is 22.7. The maximum Gasteiger partial charge on any atom is 0.261 e. The van der Waals surface area contributed by atoms with Crippen molar-refractivity contribution >= 4 is 23.2 Å². The SMILES string of the molecule is COc1ccc(NC(=O)c2c(-c3ccc(C)cc3)c(Cl)c(C3CCCCC3)[nH]c2=O)cc1. The summed E-state index contributed by atoms with van der Waals surface area (Å²) >= 11 is 6.91. The van der Waals surface area contributed by atoms with E-state index in [1.54, 1.807) is 31.4 Å². The molecule has 0 unspecified atom stereocenters. The molecular weight excluding hydrogens is 424 g/mol. The van der Waals surface area contributed by atoms with Crippen molar-refractivity contribution in [3.63, 3.8) is 0 Å². The van der Waals surface area contributed by atoms with E-state index in [-0.39, 0.29) is 11.5 Å². The molecule has 3 aromatic rings. The summed E-state index contributed by atoms with van der Waals surface area (Å²) in [6.07, 6.45) is 5.40. The number of anilines is 1. The first-order chi connectivity index (χ1) is 15.5. The summed E-state index contributed by atoms with van der Waals surface area (Å²) in [5.74, 6) is 0.386. The number of hydrogen-bond acceptors (Lipinski definition) is 3. The number of carbonyl (C=O) groups excluding carboxylic acids is 1. The number of hydrogen-bond donors (Lipinski definition) is 2. The lowest BCUT2D eigenvalue weighted by molar-refractivity contribution is 0.102. The standard InChI is InChI=1S/C26H27ClN2O3/c1-16-8-10-17(11-9-16)21-22(25(30)28-19-12-14-20(32-2)15-13-19)26(31)29-24(23(21)27)18-6-4-3-5-7-18/h8-15,18H,3-7H2,1-2H3,(H,28,30)(H,29,31). The molecule has 2 N–H and O–H groups in total. The van der Waals surface area contributed by atoms with Crippen LogP contribution in [0.15, 0.2) is 53.3 Å². The minimum atomic E-state index is -0.496. The van der Waals surface area contributed by atoms with Crippen LogP contribution < -0.4 is 15.6 Å². The van der Waals surface area contributed by atoms with Crippen molar-refractivity contribution in [2.24, 2.45) is 0 Å². The Morgan fingerprint density at radius 1 is 1.03 bits per heavy atom. The van der Waals surface area contributed by atoms with Crippen molar-refractivity contribution < 1.29 is 9.53 Å². The first kappa shape index (κ1) is 22.2. The Kier molecular flexibility index (Phi) is 6.66. The van der Waals surface area contributed by atoms with Gasteiger partial charge in [-0.15, -0.1) is 0 Å². The molecule has 0 saturated heterocycles. The summed E-state index contributed by atoms with van der Waals surface area (Å²) in [4.78, 5) is 29.5. The second-order valence-corrected chi connectivity index (χ2v) is 8.69. The van der Waals surface area contributed by atoms with Gasteiger partial charge in [-0.3, -0.25) is 9.59 Å². The number of halogens is 1. The first-order valence-electron chi connectivity index (χ1n) is 11.0. The molecule has 166 valence electrons. The van der Waals surface area contributed by atoms with Gasteiger partial charge < -0.3 is 15.0 Å². The number of aromatic nitrogens is 1. The number of methoxy groups -OCH3 is 1. The third-order valence-corrected chi connectivity index (χ3v) is 6.50. The molecule has 4 rings (SSSR count). The lowest BCUT2D eigenvalue weighted by Gasteiger charge is -2.24. The van der Waals surface area contributed by atoms with Gasteiger partial charge in [-0.1, -0.05) is 60.7 Å². The van der Waals surface area contributed by atoms with Crippen LogP contribution in [0.4, 0.5) is 5.69 Å². The van der Waals surface area contributed by atoms with Crippen LogP contribution in [0.5, 0.6) is 5.75 Å². The summed E-state index contributed by atoms with van der Waals surface area (Å²) in [5, 5.41) is 3.28. The Hall–Kier alpha value is -3.05.